The number of ether oxygens (including phenoxy) is 2. The number of carbonyl (C=O) groups excluding carboxylic acids is 1. The minimum absolute atomic E-state index is 0.203. The van der Waals surface area contributed by atoms with E-state index in [4.69, 9.17) is 14.7 Å². The molecule has 26 heavy (non-hydrogen) atoms. The lowest BCUT2D eigenvalue weighted by molar-refractivity contribution is -0.159. The molecule has 5 nitrogen and oxygen atoms in total. The fraction of sp³-hybridized carbons (Fsp3) is 0.850. The van der Waals surface area contributed by atoms with Gasteiger partial charge in [-0.1, -0.05) is 19.1 Å². The molecule has 1 amide bonds. The van der Waals surface area contributed by atoms with Crippen LogP contribution in [0.3, 0.4) is 0 Å². The van der Waals surface area contributed by atoms with E-state index in [1.165, 1.54) is 19.9 Å². The van der Waals surface area contributed by atoms with Crippen LogP contribution in [0.2, 0.25) is 0 Å². The van der Waals surface area contributed by atoms with Gasteiger partial charge in [0, 0.05) is 20.1 Å². The second-order valence-electron chi connectivity index (χ2n) is 7.31. The van der Waals surface area contributed by atoms with E-state index in [0.29, 0.717) is 35.5 Å². The molecule has 0 aromatic carbocycles. The number of amides is 1. The van der Waals surface area contributed by atoms with Gasteiger partial charge in [-0.05, 0) is 61.9 Å². The molecule has 6 heteroatoms. The van der Waals surface area contributed by atoms with E-state index in [1.807, 2.05) is 11.8 Å². The summed E-state index contributed by atoms with van der Waals surface area (Å²) in [6.07, 6.45) is 12.0. The van der Waals surface area contributed by atoms with E-state index in [2.05, 4.69) is 19.1 Å². The van der Waals surface area contributed by atoms with Crippen molar-refractivity contribution in [2.24, 2.45) is 11.8 Å². The third-order valence-electron chi connectivity index (χ3n) is 5.40. The van der Waals surface area contributed by atoms with E-state index < -0.39 is 0 Å². The maximum atomic E-state index is 11.3. The van der Waals surface area contributed by atoms with Gasteiger partial charge >= 0.3 is 0 Å². The van der Waals surface area contributed by atoms with Gasteiger partial charge in [-0.15, -0.1) is 0 Å². The van der Waals surface area contributed by atoms with Crippen LogP contribution in [-0.4, -0.2) is 60.2 Å². The minimum Gasteiger partial charge on any atom is -0.377 e. The zero-order valence-corrected chi connectivity index (χ0v) is 17.1. The van der Waals surface area contributed by atoms with Crippen molar-refractivity contribution in [2.45, 2.75) is 64.1 Å². The second kappa shape index (κ2) is 12.0. The van der Waals surface area contributed by atoms with Crippen molar-refractivity contribution in [3.8, 4) is 0 Å². The van der Waals surface area contributed by atoms with Crippen molar-refractivity contribution in [3.05, 3.63) is 12.2 Å². The first-order chi connectivity index (χ1) is 12.6. The fourth-order valence-corrected chi connectivity index (χ4v) is 5.28. The lowest BCUT2D eigenvalue weighted by Crippen LogP contribution is -2.30. The number of unbranched alkanes of at least 4 members (excludes halogenated alkanes) is 1. The summed E-state index contributed by atoms with van der Waals surface area (Å²) < 4.78 is 11.9. The molecule has 2 rings (SSSR count). The molecular weight excluding hydrogens is 350 g/mol. The molecule has 0 aromatic heterocycles. The lowest BCUT2D eigenvalue weighted by atomic mass is 9.79. The SMILES string of the molecule is CCC=CCOCCC1C2CCC(O2)C1CSCCCCC(=O)N(C)O. The smallest absolute Gasteiger partial charge is 0.245 e. The van der Waals surface area contributed by atoms with Crippen LogP contribution in [0.4, 0.5) is 0 Å². The average molecular weight is 386 g/mol. The predicted octanol–water partition coefficient (Wildman–Crippen LogP) is 3.90. The highest BCUT2D eigenvalue weighted by atomic mass is 32.2. The Balaban J connectivity index is 1.60. The van der Waals surface area contributed by atoms with Crippen LogP contribution < -0.4 is 0 Å². The quantitative estimate of drug-likeness (QED) is 0.225. The Morgan fingerprint density at radius 3 is 2.77 bits per heavy atom. The number of allylic oxidation sites excluding steroid dienone is 1. The first-order valence-corrected chi connectivity index (χ1v) is 11.2. The van der Waals surface area contributed by atoms with E-state index in [-0.39, 0.29) is 5.91 Å². The van der Waals surface area contributed by atoms with Gasteiger partial charge in [0.05, 0.1) is 18.8 Å². The maximum Gasteiger partial charge on any atom is 0.245 e. The highest BCUT2D eigenvalue weighted by molar-refractivity contribution is 7.99. The van der Waals surface area contributed by atoms with Crippen molar-refractivity contribution in [1.82, 2.24) is 5.06 Å². The maximum absolute atomic E-state index is 11.3. The number of carbonyl (C=O) groups is 1. The Bertz CT molecular complexity index is 444. The molecular formula is C20H35NO4S. The van der Waals surface area contributed by atoms with Crippen LogP contribution >= 0.6 is 11.8 Å². The van der Waals surface area contributed by atoms with Crippen LogP contribution in [0.1, 0.15) is 51.9 Å². The van der Waals surface area contributed by atoms with Crippen molar-refractivity contribution in [2.75, 3.05) is 31.8 Å². The van der Waals surface area contributed by atoms with Crippen LogP contribution in [0.25, 0.3) is 0 Å². The lowest BCUT2D eigenvalue weighted by Gasteiger charge is -2.27. The summed E-state index contributed by atoms with van der Waals surface area (Å²) in [5.74, 6) is 3.31. The van der Waals surface area contributed by atoms with Gasteiger partial charge in [0.15, 0.2) is 0 Å². The third kappa shape index (κ3) is 6.87. The van der Waals surface area contributed by atoms with Crippen LogP contribution in [0, 0.1) is 11.8 Å². The number of hydrogen-bond donors (Lipinski definition) is 1. The highest BCUT2D eigenvalue weighted by Crippen LogP contribution is 2.46. The highest BCUT2D eigenvalue weighted by Gasteiger charge is 2.47. The largest absolute Gasteiger partial charge is 0.377 e. The Kier molecular flexibility index (Phi) is 10.0. The molecule has 0 spiro atoms. The number of rotatable bonds is 13. The zero-order chi connectivity index (χ0) is 18.8. The van der Waals surface area contributed by atoms with Gasteiger partial charge in [0.2, 0.25) is 5.91 Å². The number of nitrogens with zero attached hydrogens (tertiary/aromatic N) is 1. The Morgan fingerprint density at radius 1 is 1.27 bits per heavy atom. The Hall–Kier alpha value is -0.560. The first kappa shape index (κ1) is 21.7. The van der Waals surface area contributed by atoms with E-state index in [1.54, 1.807) is 0 Å². The Labute approximate surface area is 162 Å². The van der Waals surface area contributed by atoms with Gasteiger partial charge in [0.25, 0.3) is 0 Å². The molecule has 0 radical (unpaired) electrons. The summed E-state index contributed by atoms with van der Waals surface area (Å²) in [6.45, 7) is 3.67. The molecule has 2 saturated heterocycles. The molecule has 4 unspecified atom stereocenters. The van der Waals surface area contributed by atoms with Crippen molar-refractivity contribution >= 4 is 17.7 Å². The fourth-order valence-electron chi connectivity index (χ4n) is 3.97. The molecule has 0 aromatic rings. The summed E-state index contributed by atoms with van der Waals surface area (Å²) in [7, 11) is 1.39. The minimum atomic E-state index is -0.203. The normalized spacial score (nSPS) is 27.5. The first-order valence-electron chi connectivity index (χ1n) is 10.0. The van der Waals surface area contributed by atoms with Crippen LogP contribution in [0.15, 0.2) is 12.2 Å². The van der Waals surface area contributed by atoms with Gasteiger partial charge < -0.3 is 9.47 Å². The summed E-state index contributed by atoms with van der Waals surface area (Å²) >= 11 is 1.98. The summed E-state index contributed by atoms with van der Waals surface area (Å²) in [5.41, 5.74) is 0. The molecule has 150 valence electrons. The van der Waals surface area contributed by atoms with Crippen molar-refractivity contribution in [3.63, 3.8) is 0 Å². The topological polar surface area (TPSA) is 59.0 Å². The van der Waals surface area contributed by atoms with Crippen LogP contribution in [0.5, 0.6) is 0 Å². The van der Waals surface area contributed by atoms with E-state index >= 15 is 0 Å². The molecule has 0 aliphatic carbocycles. The molecule has 1 N–H and O–H groups in total. The molecule has 2 aliphatic heterocycles. The summed E-state index contributed by atoms with van der Waals surface area (Å²) in [4.78, 5) is 11.3. The number of hydroxylamine groups is 2. The standard InChI is InChI=1S/C20H35NO4S/c1-3-4-6-12-24-13-11-16-17(19-10-9-18(16)25-19)15-26-14-7-5-8-20(22)21(2)23/h4,6,16-19,23H,3,5,7-15H2,1-2H3. The van der Waals surface area contributed by atoms with Gasteiger partial charge in [-0.25, -0.2) is 5.06 Å². The van der Waals surface area contributed by atoms with Crippen molar-refractivity contribution < 1.29 is 19.5 Å². The monoisotopic (exact) mass is 385 g/mol. The van der Waals surface area contributed by atoms with Crippen molar-refractivity contribution in [1.29, 1.82) is 0 Å². The van der Waals surface area contributed by atoms with Gasteiger partial charge in [-0.2, -0.15) is 11.8 Å². The molecule has 2 fully saturated rings. The zero-order valence-electron chi connectivity index (χ0n) is 16.3. The number of fused-ring (bicyclic) bond motifs is 2. The molecule has 2 heterocycles. The Morgan fingerprint density at radius 2 is 2.04 bits per heavy atom. The third-order valence-corrected chi connectivity index (χ3v) is 6.60. The predicted molar refractivity (Wildman–Crippen MR) is 105 cm³/mol. The van der Waals surface area contributed by atoms with E-state index in [0.717, 1.165) is 50.4 Å². The average Bonchev–Trinajstić information content (AvgIpc) is 3.22. The van der Waals surface area contributed by atoms with Gasteiger partial charge in [-0.3, -0.25) is 10.0 Å². The molecule has 2 aliphatic rings. The summed E-state index contributed by atoms with van der Waals surface area (Å²) in [5, 5.41) is 9.72. The van der Waals surface area contributed by atoms with Gasteiger partial charge in [0.1, 0.15) is 0 Å². The molecule has 0 saturated carbocycles. The number of hydrogen-bond acceptors (Lipinski definition) is 5. The van der Waals surface area contributed by atoms with E-state index in [9.17, 15) is 4.79 Å². The molecule has 4 atom stereocenters. The second-order valence-corrected chi connectivity index (χ2v) is 8.46. The van der Waals surface area contributed by atoms with Crippen LogP contribution in [-0.2, 0) is 14.3 Å². The number of thioether (sulfide) groups is 1. The molecule has 2 bridgehead atoms. The summed E-state index contributed by atoms with van der Waals surface area (Å²) in [6, 6.07) is 0.